The van der Waals surface area contributed by atoms with Crippen molar-refractivity contribution in [3.05, 3.63) is 29.8 Å². The summed E-state index contributed by atoms with van der Waals surface area (Å²) in [5, 5.41) is 6.36. The minimum absolute atomic E-state index is 0.0881. The maximum absolute atomic E-state index is 12.6. The number of rotatable bonds is 4. The average Bonchev–Trinajstić information content (AvgIpc) is 3.09. The zero-order chi connectivity index (χ0) is 17.3. The number of carbonyl (C=O) groups is 3. The smallest absolute Gasteiger partial charge is 0.357 e. The van der Waals surface area contributed by atoms with Crippen LogP contribution in [0.2, 0.25) is 0 Å². The maximum atomic E-state index is 12.6. The molecular formula is C16H16N2O6. The van der Waals surface area contributed by atoms with Crippen LogP contribution in [0.3, 0.4) is 0 Å². The molecule has 2 heterocycles. The average molecular weight is 332 g/mol. The van der Waals surface area contributed by atoms with Gasteiger partial charge in [0.25, 0.3) is 11.5 Å². The molecule has 0 fully saturated rings. The van der Waals surface area contributed by atoms with Gasteiger partial charge in [-0.25, -0.2) is 4.79 Å². The molecule has 2 aliphatic heterocycles. The second-order valence-electron chi connectivity index (χ2n) is 5.21. The quantitative estimate of drug-likeness (QED) is 0.824. The Bertz CT molecular complexity index is 744. The first-order valence-corrected chi connectivity index (χ1v) is 7.57. The molecule has 1 spiro atoms. The highest BCUT2D eigenvalue weighted by Gasteiger charge is 2.65. The number of hydrogen-bond acceptors (Lipinski definition) is 7. The molecule has 2 atom stereocenters. The predicted octanol–water partition coefficient (Wildman–Crippen LogP) is 0.963. The Labute approximate surface area is 137 Å². The summed E-state index contributed by atoms with van der Waals surface area (Å²) in [5.74, 6) is -3.50. The number of fused-ring (bicyclic) bond motifs is 2. The summed E-state index contributed by atoms with van der Waals surface area (Å²) in [4.78, 5) is 42.7. The lowest BCUT2D eigenvalue weighted by molar-refractivity contribution is -0.162. The van der Waals surface area contributed by atoms with Gasteiger partial charge in [0.1, 0.15) is 0 Å². The molecule has 1 N–H and O–H groups in total. The topological polar surface area (TPSA) is 103 Å². The number of carbonyl (C=O) groups excluding carboxylic acids is 3. The first-order chi connectivity index (χ1) is 11.6. The number of amides is 1. The number of esters is 2. The van der Waals surface area contributed by atoms with E-state index in [1.165, 1.54) is 0 Å². The van der Waals surface area contributed by atoms with Gasteiger partial charge in [0.15, 0.2) is 11.6 Å². The summed E-state index contributed by atoms with van der Waals surface area (Å²) in [6, 6.07) is 6.76. The number of nitrogens with one attached hydrogen (secondary N) is 1. The fourth-order valence-electron chi connectivity index (χ4n) is 2.91. The van der Waals surface area contributed by atoms with Gasteiger partial charge >= 0.3 is 11.9 Å². The van der Waals surface area contributed by atoms with Gasteiger partial charge in [-0.15, -0.1) is 0 Å². The summed E-state index contributed by atoms with van der Waals surface area (Å²) >= 11 is 0. The van der Waals surface area contributed by atoms with Crippen LogP contribution in [0.1, 0.15) is 19.4 Å². The molecule has 24 heavy (non-hydrogen) atoms. The van der Waals surface area contributed by atoms with Gasteiger partial charge in [-0.2, -0.15) is 0 Å². The van der Waals surface area contributed by atoms with E-state index in [9.17, 15) is 14.4 Å². The van der Waals surface area contributed by atoms with Crippen molar-refractivity contribution in [3.63, 3.8) is 0 Å². The molecule has 8 heteroatoms. The van der Waals surface area contributed by atoms with Crippen LogP contribution in [-0.4, -0.2) is 36.8 Å². The fourth-order valence-corrected chi connectivity index (χ4v) is 2.91. The van der Waals surface area contributed by atoms with Crippen molar-refractivity contribution in [2.24, 2.45) is 11.1 Å². The molecule has 126 valence electrons. The Morgan fingerprint density at radius 3 is 2.67 bits per heavy atom. The summed E-state index contributed by atoms with van der Waals surface area (Å²) in [6.45, 7) is 3.44. The van der Waals surface area contributed by atoms with Crippen LogP contribution in [0.15, 0.2) is 29.4 Å². The Morgan fingerprint density at radius 2 is 1.96 bits per heavy atom. The summed E-state index contributed by atoms with van der Waals surface area (Å²) in [7, 11) is 0. The Kier molecular flexibility index (Phi) is 3.96. The standard InChI is InChI=1S/C16H16N2O6/c1-3-22-13(19)11-12(14(20)23-4-2)18-24-16(11)9-7-5-6-8-10(9)17-15(16)21/h5-8,11H,3-4H2,1-2H3,(H,17,21)/t11-,16+/m0/s1. The van der Waals surface area contributed by atoms with Crippen molar-refractivity contribution in [1.82, 2.24) is 0 Å². The largest absolute Gasteiger partial charge is 0.465 e. The van der Waals surface area contributed by atoms with Gasteiger partial charge in [-0.1, -0.05) is 23.4 Å². The second kappa shape index (κ2) is 5.95. The number of anilines is 1. The van der Waals surface area contributed by atoms with Crippen LogP contribution in [-0.2, 0) is 34.3 Å². The Morgan fingerprint density at radius 1 is 1.25 bits per heavy atom. The van der Waals surface area contributed by atoms with Crippen LogP contribution in [0.5, 0.6) is 0 Å². The zero-order valence-corrected chi connectivity index (χ0v) is 13.2. The van der Waals surface area contributed by atoms with E-state index in [-0.39, 0.29) is 18.9 Å². The first kappa shape index (κ1) is 16.0. The molecule has 0 saturated carbocycles. The number of hydrogen-bond donors (Lipinski definition) is 1. The van der Waals surface area contributed by atoms with Crippen molar-refractivity contribution in [1.29, 1.82) is 0 Å². The van der Waals surface area contributed by atoms with Gasteiger partial charge in [-0.05, 0) is 19.9 Å². The van der Waals surface area contributed by atoms with Crippen molar-refractivity contribution < 1.29 is 28.7 Å². The molecule has 0 saturated heterocycles. The molecule has 1 aromatic carbocycles. The summed E-state index contributed by atoms with van der Waals surface area (Å²) in [5.41, 5.74) is -1.11. The SMILES string of the molecule is CCOC(=O)C1=NO[C@@]2(C(=O)Nc3ccccc32)[C@@H]1C(=O)OCC. The van der Waals surface area contributed by atoms with Gasteiger partial charge in [-0.3, -0.25) is 9.59 Å². The monoisotopic (exact) mass is 332 g/mol. The summed E-state index contributed by atoms with van der Waals surface area (Å²) < 4.78 is 9.97. The van der Waals surface area contributed by atoms with Crippen LogP contribution in [0.4, 0.5) is 5.69 Å². The van der Waals surface area contributed by atoms with Gasteiger partial charge < -0.3 is 19.6 Å². The lowest BCUT2D eigenvalue weighted by Crippen LogP contribution is -2.48. The predicted molar refractivity (Wildman–Crippen MR) is 82.0 cm³/mol. The second-order valence-corrected chi connectivity index (χ2v) is 5.21. The van der Waals surface area contributed by atoms with Crippen molar-refractivity contribution in [3.8, 4) is 0 Å². The van der Waals surface area contributed by atoms with Crippen molar-refractivity contribution >= 4 is 29.2 Å². The Balaban J connectivity index is 2.10. The fraction of sp³-hybridized carbons (Fsp3) is 0.375. The van der Waals surface area contributed by atoms with E-state index >= 15 is 0 Å². The molecule has 0 aromatic heterocycles. The van der Waals surface area contributed by atoms with Crippen LogP contribution in [0, 0.1) is 5.92 Å². The zero-order valence-electron chi connectivity index (χ0n) is 13.2. The van der Waals surface area contributed by atoms with E-state index in [0.29, 0.717) is 11.3 Å². The third kappa shape index (κ3) is 2.14. The molecule has 0 aliphatic carbocycles. The van der Waals surface area contributed by atoms with E-state index in [4.69, 9.17) is 14.3 Å². The van der Waals surface area contributed by atoms with E-state index in [1.807, 2.05) is 0 Å². The van der Waals surface area contributed by atoms with Gasteiger partial charge in [0, 0.05) is 11.3 Å². The minimum Gasteiger partial charge on any atom is -0.465 e. The van der Waals surface area contributed by atoms with Crippen LogP contribution in [0.25, 0.3) is 0 Å². The molecular weight excluding hydrogens is 316 g/mol. The molecule has 0 radical (unpaired) electrons. The normalized spacial score (nSPS) is 24.0. The lowest BCUT2D eigenvalue weighted by atomic mass is 9.79. The Hall–Kier alpha value is -2.90. The molecule has 1 aromatic rings. The van der Waals surface area contributed by atoms with Crippen molar-refractivity contribution in [2.75, 3.05) is 18.5 Å². The maximum Gasteiger partial charge on any atom is 0.357 e. The molecule has 0 bridgehead atoms. The molecule has 1 amide bonds. The van der Waals surface area contributed by atoms with Crippen LogP contribution >= 0.6 is 0 Å². The van der Waals surface area contributed by atoms with E-state index in [2.05, 4.69) is 10.5 Å². The summed E-state index contributed by atoms with van der Waals surface area (Å²) in [6.07, 6.45) is 0. The number of benzene rings is 1. The molecule has 0 unspecified atom stereocenters. The highest BCUT2D eigenvalue weighted by atomic mass is 16.7. The number of oxime groups is 1. The molecule has 2 aliphatic rings. The van der Waals surface area contributed by atoms with E-state index < -0.39 is 29.4 Å². The van der Waals surface area contributed by atoms with E-state index in [1.54, 1.807) is 38.1 Å². The van der Waals surface area contributed by atoms with Gasteiger partial charge in [0.2, 0.25) is 0 Å². The first-order valence-electron chi connectivity index (χ1n) is 7.57. The third-order valence-electron chi connectivity index (χ3n) is 3.89. The highest BCUT2D eigenvalue weighted by Crippen LogP contribution is 2.48. The number of ether oxygens (including phenoxy) is 2. The minimum atomic E-state index is -1.76. The third-order valence-corrected chi connectivity index (χ3v) is 3.89. The van der Waals surface area contributed by atoms with Crippen LogP contribution < -0.4 is 5.32 Å². The van der Waals surface area contributed by atoms with E-state index in [0.717, 1.165) is 0 Å². The highest BCUT2D eigenvalue weighted by molar-refractivity contribution is 6.42. The number of nitrogens with zero attached hydrogens (tertiary/aromatic N) is 1. The van der Waals surface area contributed by atoms with Crippen molar-refractivity contribution in [2.45, 2.75) is 19.4 Å². The molecule has 3 rings (SSSR count). The molecule has 8 nitrogen and oxygen atoms in total. The van der Waals surface area contributed by atoms with Gasteiger partial charge in [0.05, 0.1) is 13.2 Å². The number of para-hydroxylation sites is 1. The lowest BCUT2D eigenvalue weighted by Gasteiger charge is -2.25.